The molecule has 2 radical (unpaired) electrons. The molecule has 0 bridgehead atoms. The molecule has 0 amide bonds. The van der Waals surface area contributed by atoms with Crippen LogP contribution in [-0.2, 0) is 51.9 Å². The Bertz CT molecular complexity index is 26.1. The summed E-state index contributed by atoms with van der Waals surface area (Å²) < 4.78 is 0. The average molecular weight is 238 g/mol. The van der Waals surface area contributed by atoms with E-state index in [0.29, 0.717) is 0 Å². The Balaban J connectivity index is -0.00000000356. The standard InChI is InChI=1S/2CO.2CH4S.Fe.2H2N/c4*1-2;;;/h;;2*2H,1H3;;2*1H2/q2*-1;;;+6;2*-1/p-2. The van der Waals surface area contributed by atoms with E-state index >= 15 is 0 Å². The Kier molecular flexibility index (Phi) is 23400. The van der Waals surface area contributed by atoms with Crippen LogP contribution >= 0.6 is 0 Å². The Morgan fingerprint density at radius 1 is 0.727 bits per heavy atom. The van der Waals surface area contributed by atoms with Gasteiger partial charge in [-0.1, -0.05) is 0 Å². The van der Waals surface area contributed by atoms with E-state index in [-0.39, 0.29) is 29.4 Å². The normalized spacial score (nSPS) is 1.82. The molecule has 0 spiro atoms. The monoisotopic (exact) mass is 238 g/mol. The first kappa shape index (κ1) is 62.8. The summed E-state index contributed by atoms with van der Waals surface area (Å²) in [4.78, 5) is 15.0. The molecule has 0 rings (SSSR count). The van der Waals surface area contributed by atoms with Gasteiger partial charge in [0, 0.05) is 0 Å². The summed E-state index contributed by atoms with van der Waals surface area (Å²) in [5.74, 6) is 0. The maximum Gasteiger partial charge on any atom is 6.00 e. The molecule has 0 aliphatic rings. The first-order valence-corrected chi connectivity index (χ1v) is 2.86. The van der Waals surface area contributed by atoms with Gasteiger partial charge in [-0.25, -0.2) is 0 Å². The Morgan fingerprint density at radius 2 is 0.727 bits per heavy atom. The number of rotatable bonds is 0. The van der Waals surface area contributed by atoms with Crippen molar-refractivity contribution >= 4 is 38.8 Å². The molecule has 0 fully saturated rings. The van der Waals surface area contributed by atoms with E-state index < -0.39 is 0 Å². The molecular weight excluding hydrogens is 228 g/mol. The Hall–Kier alpha value is 0.479. The minimum atomic E-state index is 0. The Morgan fingerprint density at radius 3 is 0.727 bits per heavy atom. The molecule has 0 heterocycles. The molecule has 68 valence electrons. The summed E-state index contributed by atoms with van der Waals surface area (Å²) in [7, 11) is 0. The molecule has 4 N–H and O–H groups in total. The fourth-order valence-electron chi connectivity index (χ4n) is 0. The first-order valence-electron chi connectivity index (χ1n) is 1.22. The van der Waals surface area contributed by atoms with Crippen molar-refractivity contribution in [1.82, 2.24) is 0 Å². The van der Waals surface area contributed by atoms with Gasteiger partial charge >= 0.3 is 17.1 Å². The summed E-state index contributed by atoms with van der Waals surface area (Å²) >= 11 is 8.17. The van der Waals surface area contributed by atoms with Gasteiger partial charge in [0.1, 0.15) is 0 Å². The van der Waals surface area contributed by atoms with Gasteiger partial charge in [0.25, 0.3) is 0 Å². The van der Waals surface area contributed by atoms with Gasteiger partial charge in [-0.15, -0.1) is 0 Å². The third kappa shape index (κ3) is 3280. The fourth-order valence-corrected chi connectivity index (χ4v) is 0. The molecule has 0 aliphatic carbocycles. The SMILES string of the molecule is C[S-].C[S-].[C-]=O.[C-]=O.[Fe+6].[NH2-].[NH2-]. The van der Waals surface area contributed by atoms with Gasteiger partial charge < -0.3 is 60.7 Å². The molecule has 11 heavy (non-hydrogen) atoms. The smallest absolute Gasteiger partial charge is 0.796 e. The molecule has 0 aromatic carbocycles. The van der Waals surface area contributed by atoms with Crippen molar-refractivity contribution < 1.29 is 26.7 Å². The first-order chi connectivity index (χ1) is 4.00. The van der Waals surface area contributed by atoms with Crippen LogP contribution in [0.4, 0.5) is 0 Å². The van der Waals surface area contributed by atoms with Crippen LogP contribution in [0.1, 0.15) is 0 Å². The summed E-state index contributed by atoms with van der Waals surface area (Å²) in [6.45, 7) is 9.00. The number of hydrogen-bond donors (Lipinski definition) is 0. The van der Waals surface area contributed by atoms with Gasteiger partial charge in [0.15, 0.2) is 0 Å². The minimum Gasteiger partial charge on any atom is -0.796 e. The van der Waals surface area contributed by atoms with Crippen molar-refractivity contribution in [3.63, 3.8) is 0 Å². The van der Waals surface area contributed by atoms with Crippen LogP contribution in [0.25, 0.3) is 12.3 Å². The van der Waals surface area contributed by atoms with E-state index in [0.717, 1.165) is 0 Å². The third-order valence-electron chi connectivity index (χ3n) is 0. The van der Waals surface area contributed by atoms with E-state index in [9.17, 15) is 0 Å². The molecule has 0 unspecified atom stereocenters. The van der Waals surface area contributed by atoms with Gasteiger partial charge in [-0.2, -0.15) is 12.5 Å². The van der Waals surface area contributed by atoms with E-state index in [1.165, 1.54) is 0 Å². The predicted molar refractivity (Wildman–Crippen MR) is 48.5 cm³/mol. The van der Waals surface area contributed by atoms with Crippen LogP contribution in [-0.4, -0.2) is 26.1 Å². The zero-order valence-corrected chi connectivity index (χ0v) is 8.88. The number of nitrogens with two attached hydrogens (primary N) is 2. The van der Waals surface area contributed by atoms with Crippen molar-refractivity contribution in [2.45, 2.75) is 0 Å². The third-order valence-corrected chi connectivity index (χ3v) is 0. The fraction of sp³-hybridized carbons (Fsp3) is 0.500. The topological polar surface area (TPSA) is 101 Å². The van der Waals surface area contributed by atoms with Crippen LogP contribution in [0.15, 0.2) is 0 Å². The zero-order valence-electron chi connectivity index (χ0n) is 6.14. The van der Waals surface area contributed by atoms with Crippen molar-refractivity contribution in [1.29, 1.82) is 0 Å². The summed E-state index contributed by atoms with van der Waals surface area (Å²) in [6, 6.07) is 0. The van der Waals surface area contributed by atoms with Crippen molar-refractivity contribution in [3.8, 4) is 0 Å². The van der Waals surface area contributed by atoms with Gasteiger partial charge in [-0.3, -0.25) is 0 Å². The second-order valence-electron chi connectivity index (χ2n) is 0. The molecule has 4 nitrogen and oxygen atoms in total. The number of hydrogen-bond acceptors (Lipinski definition) is 4. The van der Waals surface area contributed by atoms with Crippen LogP contribution < -0.4 is 0 Å². The quantitative estimate of drug-likeness (QED) is 0.356. The second-order valence-corrected chi connectivity index (χ2v) is 0. The molecular formula is C4H10FeN2O2S2. The molecule has 0 saturated heterocycles. The van der Waals surface area contributed by atoms with Crippen LogP contribution in [0.5, 0.6) is 0 Å². The van der Waals surface area contributed by atoms with E-state index in [1.54, 1.807) is 12.5 Å². The van der Waals surface area contributed by atoms with E-state index in [4.69, 9.17) is 9.59 Å². The summed E-state index contributed by atoms with van der Waals surface area (Å²) in [5.41, 5.74) is 0. The molecule has 0 aromatic heterocycles. The van der Waals surface area contributed by atoms with Crippen LogP contribution in [0.2, 0.25) is 0 Å². The van der Waals surface area contributed by atoms with Crippen molar-refractivity contribution in [3.05, 3.63) is 12.3 Å². The van der Waals surface area contributed by atoms with E-state index in [1.807, 2.05) is 0 Å². The maximum absolute atomic E-state index is 7.50. The van der Waals surface area contributed by atoms with Crippen LogP contribution in [0, 0.1) is 0 Å². The number of carbonyl (C=O) groups excluding carboxylic acids is 2. The second kappa shape index (κ2) is 4100. The summed E-state index contributed by atoms with van der Waals surface area (Å²) in [5, 5.41) is 0. The molecule has 0 aliphatic heterocycles. The molecule has 0 atom stereocenters. The molecule has 0 aromatic rings. The predicted octanol–water partition coefficient (Wildman–Crippen LogP) is 0.964. The summed E-state index contributed by atoms with van der Waals surface area (Å²) in [6.07, 6.45) is 3.17. The van der Waals surface area contributed by atoms with Gasteiger partial charge in [0.05, 0.1) is 0 Å². The molecule has 7 heteroatoms. The van der Waals surface area contributed by atoms with Crippen molar-refractivity contribution in [2.75, 3.05) is 12.5 Å². The van der Waals surface area contributed by atoms with Crippen LogP contribution in [0.3, 0.4) is 0 Å². The van der Waals surface area contributed by atoms with E-state index in [2.05, 4.69) is 38.8 Å². The largest absolute Gasteiger partial charge is 6.00 e. The minimum absolute atomic E-state index is 0. The average Bonchev–Trinajstić information content (AvgIpc) is 2.03. The zero-order chi connectivity index (χ0) is 8.00. The van der Waals surface area contributed by atoms with Gasteiger partial charge in [0.2, 0.25) is 0 Å². The maximum atomic E-state index is 7.50. The van der Waals surface area contributed by atoms with Crippen molar-refractivity contribution in [2.24, 2.45) is 0 Å². The molecule has 0 saturated carbocycles. The van der Waals surface area contributed by atoms with Gasteiger partial charge in [-0.05, 0) is 0 Å². The Labute approximate surface area is 90.4 Å².